The number of rotatable bonds is 4. The molecule has 5 nitrogen and oxygen atoms in total. The number of piperazine rings is 1. The minimum Gasteiger partial charge on any atom is -0.342 e. The molecule has 132 valence electrons. The van der Waals surface area contributed by atoms with Crippen molar-refractivity contribution in [2.24, 2.45) is 5.92 Å². The second-order valence-electron chi connectivity index (χ2n) is 7.82. The molecule has 3 aliphatic rings. The highest BCUT2D eigenvalue weighted by Gasteiger charge is 2.42. The highest BCUT2D eigenvalue weighted by Crippen LogP contribution is 2.35. The Hall–Kier alpha value is -0.980. The standard InChI is InChI=1S/C18H28N4OS/c1-20-9-10-21(13-16-19-7-11-24-16)14-18(20)5-4-17(23)22(8-6-18)12-15-2-3-15/h7,11,15H,2-6,8-10,12-14H2,1H3. The maximum Gasteiger partial charge on any atom is 0.222 e. The summed E-state index contributed by atoms with van der Waals surface area (Å²) in [5.41, 5.74) is 0.156. The van der Waals surface area contributed by atoms with Gasteiger partial charge in [0.1, 0.15) is 5.01 Å². The largest absolute Gasteiger partial charge is 0.342 e. The Morgan fingerprint density at radius 3 is 2.92 bits per heavy atom. The van der Waals surface area contributed by atoms with E-state index in [4.69, 9.17) is 0 Å². The quantitative estimate of drug-likeness (QED) is 0.835. The van der Waals surface area contributed by atoms with Gasteiger partial charge in [0.2, 0.25) is 5.91 Å². The van der Waals surface area contributed by atoms with Crippen LogP contribution >= 0.6 is 11.3 Å². The van der Waals surface area contributed by atoms with Crippen LogP contribution in [0.1, 0.15) is 37.1 Å². The molecule has 1 saturated carbocycles. The summed E-state index contributed by atoms with van der Waals surface area (Å²) in [6.07, 6.45) is 7.34. The summed E-state index contributed by atoms with van der Waals surface area (Å²) in [7, 11) is 2.25. The van der Waals surface area contributed by atoms with Gasteiger partial charge in [-0.05, 0) is 38.6 Å². The maximum absolute atomic E-state index is 12.5. The van der Waals surface area contributed by atoms with E-state index in [-0.39, 0.29) is 5.54 Å². The molecule has 3 fully saturated rings. The lowest BCUT2D eigenvalue weighted by Gasteiger charge is -2.49. The first-order chi connectivity index (χ1) is 11.6. The molecule has 0 aromatic carbocycles. The molecule has 0 radical (unpaired) electrons. The molecule has 0 N–H and O–H groups in total. The molecule has 1 amide bonds. The molecule has 1 spiro atoms. The number of likely N-dealkylation sites (N-methyl/N-ethyl adjacent to an activating group) is 1. The molecule has 1 atom stereocenters. The Kier molecular flexibility index (Phi) is 4.62. The van der Waals surface area contributed by atoms with Gasteiger partial charge >= 0.3 is 0 Å². The summed E-state index contributed by atoms with van der Waals surface area (Å²) >= 11 is 1.74. The summed E-state index contributed by atoms with van der Waals surface area (Å²) < 4.78 is 0. The molecule has 0 bridgehead atoms. The zero-order valence-electron chi connectivity index (χ0n) is 14.6. The van der Waals surface area contributed by atoms with E-state index in [1.807, 2.05) is 6.20 Å². The van der Waals surface area contributed by atoms with Crippen LogP contribution in [0.5, 0.6) is 0 Å². The lowest BCUT2D eigenvalue weighted by atomic mass is 9.86. The van der Waals surface area contributed by atoms with Crippen LogP contribution in [0.3, 0.4) is 0 Å². The molecule has 1 aliphatic carbocycles. The Morgan fingerprint density at radius 2 is 2.17 bits per heavy atom. The molecule has 24 heavy (non-hydrogen) atoms. The second-order valence-corrected chi connectivity index (χ2v) is 8.79. The summed E-state index contributed by atoms with van der Waals surface area (Å²) in [4.78, 5) is 24.2. The van der Waals surface area contributed by atoms with E-state index in [0.717, 1.165) is 58.0 Å². The third-order valence-corrected chi connectivity index (χ3v) is 6.87. The van der Waals surface area contributed by atoms with E-state index in [2.05, 4.69) is 32.1 Å². The van der Waals surface area contributed by atoms with Gasteiger partial charge in [0.15, 0.2) is 0 Å². The number of amides is 1. The zero-order chi connectivity index (χ0) is 16.6. The zero-order valence-corrected chi connectivity index (χ0v) is 15.4. The number of hydrogen-bond donors (Lipinski definition) is 0. The topological polar surface area (TPSA) is 39.7 Å². The van der Waals surface area contributed by atoms with Crippen LogP contribution in [0.15, 0.2) is 11.6 Å². The Bertz CT molecular complexity index is 574. The van der Waals surface area contributed by atoms with Gasteiger partial charge in [0, 0.05) is 56.3 Å². The third-order valence-electron chi connectivity index (χ3n) is 6.10. The SMILES string of the molecule is CN1CCN(Cc2nccs2)CC12CCC(=O)N(CC1CC1)CC2. The molecule has 2 saturated heterocycles. The molecule has 6 heteroatoms. The highest BCUT2D eigenvalue weighted by atomic mass is 32.1. The minimum atomic E-state index is 0.156. The molecule has 1 unspecified atom stereocenters. The molecular weight excluding hydrogens is 320 g/mol. The van der Waals surface area contributed by atoms with Gasteiger partial charge in [0.25, 0.3) is 0 Å². The molecule has 4 rings (SSSR count). The average Bonchev–Trinajstić information content (AvgIpc) is 3.28. The average molecular weight is 349 g/mol. The van der Waals surface area contributed by atoms with Crippen LogP contribution < -0.4 is 0 Å². The van der Waals surface area contributed by atoms with Crippen molar-refractivity contribution in [2.45, 2.75) is 44.2 Å². The molecule has 2 aliphatic heterocycles. The second kappa shape index (κ2) is 6.73. The van der Waals surface area contributed by atoms with Crippen LogP contribution in [0.2, 0.25) is 0 Å². The first-order valence-electron chi connectivity index (χ1n) is 9.24. The maximum atomic E-state index is 12.5. The fraction of sp³-hybridized carbons (Fsp3) is 0.778. The first-order valence-corrected chi connectivity index (χ1v) is 10.1. The van der Waals surface area contributed by atoms with Crippen molar-refractivity contribution in [3.8, 4) is 0 Å². The van der Waals surface area contributed by atoms with Crippen LogP contribution in [-0.2, 0) is 11.3 Å². The monoisotopic (exact) mass is 348 g/mol. The van der Waals surface area contributed by atoms with Crippen molar-refractivity contribution in [1.82, 2.24) is 19.7 Å². The summed E-state index contributed by atoms with van der Waals surface area (Å²) in [5, 5.41) is 3.26. The van der Waals surface area contributed by atoms with E-state index < -0.39 is 0 Å². The molecule has 3 heterocycles. The van der Waals surface area contributed by atoms with Crippen LogP contribution in [0.4, 0.5) is 0 Å². The van der Waals surface area contributed by atoms with Gasteiger partial charge in [-0.15, -0.1) is 11.3 Å². The normalized spacial score (nSPS) is 30.0. The number of thiazole rings is 1. The lowest BCUT2D eigenvalue weighted by molar-refractivity contribution is -0.131. The van der Waals surface area contributed by atoms with E-state index >= 15 is 0 Å². The summed E-state index contributed by atoms with van der Waals surface area (Å²) in [5.74, 6) is 1.16. The van der Waals surface area contributed by atoms with Crippen molar-refractivity contribution in [3.05, 3.63) is 16.6 Å². The lowest BCUT2D eigenvalue weighted by Crippen LogP contribution is -2.60. The van der Waals surface area contributed by atoms with Crippen LogP contribution in [0, 0.1) is 5.92 Å². The van der Waals surface area contributed by atoms with E-state index in [0.29, 0.717) is 12.3 Å². The Balaban J connectivity index is 1.44. The van der Waals surface area contributed by atoms with E-state index in [9.17, 15) is 4.79 Å². The van der Waals surface area contributed by atoms with Gasteiger partial charge in [-0.25, -0.2) is 4.98 Å². The minimum absolute atomic E-state index is 0.156. The Labute approximate surface area is 148 Å². The number of likely N-dealkylation sites (tertiary alicyclic amines) is 1. The van der Waals surface area contributed by atoms with Crippen molar-refractivity contribution < 1.29 is 4.79 Å². The Morgan fingerprint density at radius 1 is 1.29 bits per heavy atom. The summed E-state index contributed by atoms with van der Waals surface area (Å²) in [6.45, 7) is 6.13. The summed E-state index contributed by atoms with van der Waals surface area (Å²) in [6, 6.07) is 0. The predicted octanol–water partition coefficient (Wildman–Crippen LogP) is 2.05. The van der Waals surface area contributed by atoms with Crippen LogP contribution in [0.25, 0.3) is 0 Å². The van der Waals surface area contributed by atoms with E-state index in [1.54, 1.807) is 11.3 Å². The van der Waals surface area contributed by atoms with Gasteiger partial charge < -0.3 is 4.90 Å². The third kappa shape index (κ3) is 3.51. The van der Waals surface area contributed by atoms with Gasteiger partial charge in [-0.3, -0.25) is 14.6 Å². The number of carbonyl (C=O) groups is 1. The fourth-order valence-corrected chi connectivity index (χ4v) is 4.90. The molecule has 1 aromatic heterocycles. The number of hydrogen-bond acceptors (Lipinski definition) is 5. The molecular formula is C18H28N4OS. The van der Waals surface area contributed by atoms with Crippen LogP contribution in [-0.4, -0.2) is 70.9 Å². The smallest absolute Gasteiger partial charge is 0.222 e. The van der Waals surface area contributed by atoms with Gasteiger partial charge in [-0.2, -0.15) is 0 Å². The van der Waals surface area contributed by atoms with Crippen molar-refractivity contribution in [3.63, 3.8) is 0 Å². The molecule has 1 aromatic rings. The first kappa shape index (κ1) is 16.5. The van der Waals surface area contributed by atoms with Gasteiger partial charge in [0.05, 0.1) is 6.54 Å². The van der Waals surface area contributed by atoms with Gasteiger partial charge in [-0.1, -0.05) is 0 Å². The number of nitrogens with zero attached hydrogens (tertiary/aromatic N) is 4. The number of carbonyl (C=O) groups excluding carboxylic acids is 1. The van der Waals surface area contributed by atoms with E-state index in [1.165, 1.54) is 17.8 Å². The van der Waals surface area contributed by atoms with Crippen molar-refractivity contribution >= 4 is 17.2 Å². The predicted molar refractivity (Wildman–Crippen MR) is 95.9 cm³/mol. The number of aromatic nitrogens is 1. The van der Waals surface area contributed by atoms with Crippen molar-refractivity contribution in [1.29, 1.82) is 0 Å². The fourth-order valence-electron chi connectivity index (χ4n) is 4.24. The highest BCUT2D eigenvalue weighted by molar-refractivity contribution is 7.09. The van der Waals surface area contributed by atoms with Crippen molar-refractivity contribution in [2.75, 3.05) is 39.8 Å².